The molecule has 4 fully saturated rings. The summed E-state index contributed by atoms with van der Waals surface area (Å²) in [4.78, 5) is 100. The Morgan fingerprint density at radius 2 is 1.33 bits per heavy atom. The van der Waals surface area contributed by atoms with Gasteiger partial charge in [-0.1, -0.05) is 36.4 Å². The number of thiazole rings is 2. The summed E-state index contributed by atoms with van der Waals surface area (Å²) in [6.45, 7) is 18.2. The minimum atomic E-state index is -4.39. The molecular weight excluding hydrogens is 1590 g/mol. The molecule has 5 aliphatic rings. The number of fused-ring (bicyclic) bond motifs is 4. The van der Waals surface area contributed by atoms with E-state index in [2.05, 4.69) is 59.8 Å². The molecule has 2 aliphatic carbocycles. The number of carboxylic acid groups (broad SMARTS) is 1. The van der Waals surface area contributed by atoms with Gasteiger partial charge in [-0.3, -0.25) is 28.8 Å². The molecule has 1 spiro atoms. The molecule has 0 unspecified atom stereocenters. The number of amides is 5. The zero-order chi connectivity index (χ0) is 83.2. The van der Waals surface area contributed by atoms with Gasteiger partial charge in [0.25, 0.3) is 31.9 Å². The van der Waals surface area contributed by atoms with Gasteiger partial charge in [0.2, 0.25) is 17.7 Å². The van der Waals surface area contributed by atoms with Crippen LogP contribution in [0.5, 0.6) is 23.0 Å². The number of aliphatic carboxylic acids is 1. The molecule has 4 aromatic heterocycles. The first-order valence-electron chi connectivity index (χ1n) is 38.2. The molecule has 4 aromatic carbocycles. The largest absolute Gasteiger partial charge is 0.497 e. The van der Waals surface area contributed by atoms with E-state index in [1.165, 1.54) is 57.9 Å². The van der Waals surface area contributed by atoms with Gasteiger partial charge in [-0.25, -0.2) is 46.2 Å². The minimum absolute atomic E-state index is 0.0211. The Morgan fingerprint density at radius 3 is 1.94 bits per heavy atom. The van der Waals surface area contributed by atoms with Crippen LogP contribution in [0.4, 0.5) is 21.6 Å². The molecule has 3 aliphatic heterocycles. The Labute approximate surface area is 685 Å². The van der Waals surface area contributed by atoms with Gasteiger partial charge in [0.15, 0.2) is 10.3 Å². The quantitative estimate of drug-likeness (QED) is 0.0158. The first-order chi connectivity index (χ1) is 56.2. The average molecular weight is 1690 g/mol. The average Bonchev–Trinajstić information content (AvgIpc) is 1.58. The lowest BCUT2D eigenvalue weighted by molar-refractivity contribution is -0.140. The lowest BCUT2D eigenvalue weighted by atomic mass is 10.1. The molecule has 37 heteroatoms. The molecule has 2 saturated carbocycles. The number of benzene rings is 4. The predicted molar refractivity (Wildman–Crippen MR) is 441 cm³/mol. The molecule has 10 N–H and O–H groups in total. The number of sulfonamides is 2. The number of carbonyl (C=O) groups is 6. The molecule has 13 rings (SSSR count). The molecule has 8 atom stereocenters. The summed E-state index contributed by atoms with van der Waals surface area (Å²) in [5.41, 5.74) is 1.16. The van der Waals surface area contributed by atoms with Crippen LogP contribution in [-0.2, 0) is 67.8 Å². The second-order valence-corrected chi connectivity index (χ2v) is 34.0. The highest BCUT2D eigenvalue weighted by Gasteiger charge is 2.63. The van der Waals surface area contributed by atoms with Crippen molar-refractivity contribution < 1.29 is 88.6 Å². The fourth-order valence-electron chi connectivity index (χ4n) is 13.8. The van der Waals surface area contributed by atoms with Gasteiger partial charge in [0, 0.05) is 102 Å². The normalized spacial score (nSPS) is 22.1. The minimum Gasteiger partial charge on any atom is -0.497 e. The van der Waals surface area contributed by atoms with Crippen LogP contribution in [0.15, 0.2) is 143 Å². The maximum absolute atomic E-state index is 14.3. The fourth-order valence-corrected chi connectivity index (χ4v) is 17.9. The third-order valence-electron chi connectivity index (χ3n) is 19.9. The van der Waals surface area contributed by atoms with E-state index < -0.39 is 96.8 Å². The number of hydrogen-bond donors (Lipinski definition) is 10. The SMILES string of the molecule is C=C[C@@H]1C[C@@]12NC(=O)[C@@H]1C[C@@H](Oc3cc(-c4csc(NC(C)C)n4)nc4cc(OC)ccc34)CN1C(=O)CCOCCOCCNc1ccccc1S(=O)(=O)NC2=O.C=C[C@@H]1C[C@]1(NC(=O)[C@@H]1C[C@@H](Oc2cc(-c3csc(NC(C)C)n3)nc3cc(OC)ccc23)CN1)C(=O)NS(=O)(=O)c1ccccc1NCCOCCOCCC(=O)O. The smallest absolute Gasteiger partial charge is 0.305 e. The van der Waals surface area contributed by atoms with Gasteiger partial charge >= 0.3 is 5.97 Å². The molecule has 33 nitrogen and oxygen atoms in total. The van der Waals surface area contributed by atoms with E-state index >= 15 is 0 Å². The van der Waals surface area contributed by atoms with E-state index in [1.54, 1.807) is 62.8 Å². The summed E-state index contributed by atoms with van der Waals surface area (Å²) in [5, 5.41) is 37.0. The number of ether oxygens (including phenoxy) is 8. The van der Waals surface area contributed by atoms with E-state index in [9.17, 15) is 45.6 Å². The zero-order valence-electron chi connectivity index (χ0n) is 65.5. The van der Waals surface area contributed by atoms with Crippen LogP contribution in [0.25, 0.3) is 44.6 Å². The van der Waals surface area contributed by atoms with Crippen molar-refractivity contribution in [3.63, 3.8) is 0 Å². The van der Waals surface area contributed by atoms with Gasteiger partial charge < -0.3 is 85.1 Å². The molecule has 2 saturated heterocycles. The first-order valence-corrected chi connectivity index (χ1v) is 43.0. The zero-order valence-corrected chi connectivity index (χ0v) is 68.7. The van der Waals surface area contributed by atoms with E-state index in [1.807, 2.05) is 68.8 Å². The number of nitrogens with one attached hydrogen (secondary N) is 9. The summed E-state index contributed by atoms with van der Waals surface area (Å²) < 4.78 is 105. The molecule has 117 heavy (non-hydrogen) atoms. The number of nitrogens with zero attached hydrogens (tertiary/aromatic N) is 5. The molecule has 8 aromatic rings. The molecule has 0 radical (unpaired) electrons. The van der Waals surface area contributed by atoms with Gasteiger partial charge in [-0.15, -0.1) is 35.8 Å². The number of carbonyl (C=O) groups excluding carboxylic acids is 5. The summed E-state index contributed by atoms with van der Waals surface area (Å²) in [6.07, 6.45) is 2.47. The third-order valence-corrected chi connectivity index (χ3v) is 24.2. The molecular formula is C80H96N14O19S4. The number of methoxy groups -OCH3 is 2. The summed E-state index contributed by atoms with van der Waals surface area (Å²) >= 11 is 2.94. The number of carboxylic acids is 1. The van der Waals surface area contributed by atoms with Crippen molar-refractivity contribution in [2.75, 3.05) is 115 Å². The summed E-state index contributed by atoms with van der Waals surface area (Å²) in [5.74, 6) is -2.96. The van der Waals surface area contributed by atoms with Crippen molar-refractivity contribution in [2.45, 2.75) is 123 Å². The van der Waals surface area contributed by atoms with Crippen LogP contribution in [-0.4, -0.2) is 223 Å². The van der Waals surface area contributed by atoms with Crippen LogP contribution in [0.2, 0.25) is 0 Å². The first kappa shape index (κ1) is 85.7. The lowest BCUT2D eigenvalue weighted by Gasteiger charge is -2.26. The maximum atomic E-state index is 14.3. The summed E-state index contributed by atoms with van der Waals surface area (Å²) in [7, 11) is -5.63. The highest BCUT2D eigenvalue weighted by atomic mass is 32.2. The van der Waals surface area contributed by atoms with Crippen LogP contribution < -0.4 is 65.6 Å². The van der Waals surface area contributed by atoms with E-state index in [0.717, 1.165) is 15.6 Å². The molecule has 624 valence electrons. The van der Waals surface area contributed by atoms with Gasteiger partial charge in [0.05, 0.1) is 126 Å². The number of rotatable bonds is 29. The monoisotopic (exact) mass is 1680 g/mol. The number of para-hydroxylation sites is 2. The fraction of sp³-hybridized carbons (Fsp3) is 0.425. The topological polar surface area (TPSA) is 428 Å². The molecule has 7 heterocycles. The van der Waals surface area contributed by atoms with Crippen molar-refractivity contribution in [1.82, 2.24) is 50.2 Å². The lowest BCUT2D eigenvalue weighted by Crippen LogP contribution is -2.56. The Hall–Kier alpha value is -10.6. The standard InChI is InChI=1S/C40H49N7O10S2.C40H47N7O9S2/c1-5-25-21-40(25,38(51)47-59(52,53)35-9-7-6-8-29(35)41-13-15-56-17-16-55-14-12-36(48)49)46-37(50)32-19-27(22-42-32)57-34-20-31(33-23-58-39(45-33)43-24(2)3)44-30-18-26(54-4)10-11-28(30)34;1-5-25-21-40(25)38(50)46-58(51,52)35-9-7-6-8-29(35)41-13-15-55-17-16-54-14-12-36(48)47-22-27(19-33(47)37(49)45-40)56-34-20-31(32-23-57-39(44-32)42-24(2)3)43-30-18-26(53-4)10-11-28(30)34/h5-11,18,20,23-25,27,32,41-42H,1,12-17,19,21-22H2,2-4H3,(H,43,45)(H,46,50)(H,47,51)(H,48,49);5-11,18,20,23-25,27,33,41H,1,12-17,19,21-22H2,2-4H3,(H,42,44)(H,45,49)(H,46,50)/t25-,27-,32+,40-;25-,27-,33+,40-/m11/s1. The van der Waals surface area contributed by atoms with E-state index in [-0.39, 0.29) is 150 Å². The Kier molecular flexibility index (Phi) is 28.0. The number of hydrogen-bond acceptors (Lipinski definition) is 29. The summed E-state index contributed by atoms with van der Waals surface area (Å²) in [6, 6.07) is 25.5. The van der Waals surface area contributed by atoms with Gasteiger partial charge in [-0.05, 0) is 89.1 Å². The number of aromatic nitrogens is 4. The van der Waals surface area contributed by atoms with Gasteiger partial charge in [-0.2, -0.15) is 0 Å². The Bertz CT molecular complexity index is 5210. The van der Waals surface area contributed by atoms with Crippen molar-refractivity contribution in [3.8, 4) is 45.8 Å². The van der Waals surface area contributed by atoms with Crippen LogP contribution >= 0.6 is 22.7 Å². The highest BCUT2D eigenvalue weighted by molar-refractivity contribution is 7.90. The van der Waals surface area contributed by atoms with Crippen LogP contribution in [0.1, 0.15) is 66.2 Å². The van der Waals surface area contributed by atoms with Crippen LogP contribution in [0.3, 0.4) is 0 Å². The second kappa shape index (κ2) is 38.2. The van der Waals surface area contributed by atoms with Crippen LogP contribution in [0, 0.1) is 11.8 Å². The predicted octanol–water partition coefficient (Wildman–Crippen LogP) is 7.73. The highest BCUT2D eigenvalue weighted by Crippen LogP contribution is 2.47. The molecule has 5 amide bonds. The van der Waals surface area contributed by atoms with Crippen molar-refractivity contribution in [3.05, 3.63) is 133 Å². The van der Waals surface area contributed by atoms with Crippen molar-refractivity contribution in [1.29, 1.82) is 0 Å². The molecule has 0 bridgehead atoms. The third kappa shape index (κ3) is 21.2. The maximum Gasteiger partial charge on any atom is 0.305 e. The van der Waals surface area contributed by atoms with E-state index in [4.69, 9.17) is 62.9 Å². The van der Waals surface area contributed by atoms with Gasteiger partial charge in [0.1, 0.15) is 73.5 Å². The Balaban J connectivity index is 0.000000215. The second-order valence-electron chi connectivity index (χ2n) is 29.0. The van der Waals surface area contributed by atoms with E-state index in [0.29, 0.717) is 68.7 Å². The van der Waals surface area contributed by atoms with Crippen molar-refractivity contribution in [2.24, 2.45) is 11.8 Å². The number of anilines is 4. The van der Waals surface area contributed by atoms with Crippen molar-refractivity contribution >= 4 is 122 Å². The Morgan fingerprint density at radius 1 is 0.726 bits per heavy atom. The number of pyridine rings is 2.